The third kappa shape index (κ3) is 1.35. The lowest BCUT2D eigenvalue weighted by Crippen LogP contribution is -2.18. The van der Waals surface area contributed by atoms with Gasteiger partial charge in [0.05, 0.1) is 6.33 Å². The highest BCUT2D eigenvalue weighted by Gasteiger charge is 2.10. The molecule has 0 aliphatic heterocycles. The average Bonchev–Trinajstić information content (AvgIpc) is 2.52. The number of azide groups is 1. The van der Waals surface area contributed by atoms with Gasteiger partial charge in [0.2, 0.25) is 0 Å². The Labute approximate surface area is 67.4 Å². The first-order chi connectivity index (χ1) is 5.79. The molecule has 0 spiro atoms. The van der Waals surface area contributed by atoms with Crippen molar-refractivity contribution in [2.75, 3.05) is 7.05 Å². The van der Waals surface area contributed by atoms with E-state index in [2.05, 4.69) is 25.3 Å². The smallest absolute Gasteiger partial charge is 0.271 e. The number of aromatic nitrogens is 2. The Hall–Kier alpha value is -2.01. The van der Waals surface area contributed by atoms with Crippen molar-refractivity contribution in [1.82, 2.24) is 15.3 Å². The summed E-state index contributed by atoms with van der Waals surface area (Å²) in [6.07, 6.45) is 1.29. The van der Waals surface area contributed by atoms with Crippen molar-refractivity contribution >= 4 is 11.7 Å². The van der Waals surface area contributed by atoms with Crippen molar-refractivity contribution in [3.8, 4) is 0 Å². The van der Waals surface area contributed by atoms with E-state index in [1.165, 1.54) is 13.4 Å². The quantitative estimate of drug-likeness (QED) is 0.383. The third-order valence-corrected chi connectivity index (χ3v) is 1.21. The summed E-state index contributed by atoms with van der Waals surface area (Å²) in [6.45, 7) is 0. The maximum Gasteiger partial charge on any atom is 0.271 e. The van der Waals surface area contributed by atoms with Gasteiger partial charge in [-0.1, -0.05) is 0 Å². The highest BCUT2D eigenvalue weighted by molar-refractivity contribution is 5.95. The number of nitrogens with zero attached hydrogens (tertiary/aromatic N) is 4. The fourth-order valence-corrected chi connectivity index (χ4v) is 0.693. The van der Waals surface area contributed by atoms with Crippen LogP contribution in [0.5, 0.6) is 0 Å². The van der Waals surface area contributed by atoms with Crippen LogP contribution in [0.2, 0.25) is 0 Å². The number of nitrogens with one attached hydrogen (secondary N) is 2. The molecule has 1 aromatic heterocycles. The SMILES string of the molecule is CNC(=O)c1nc[nH]c1N=[N+]=[N-]. The van der Waals surface area contributed by atoms with Crippen LogP contribution >= 0.6 is 0 Å². The summed E-state index contributed by atoms with van der Waals surface area (Å²) >= 11 is 0. The number of hydrogen-bond donors (Lipinski definition) is 2. The average molecular weight is 166 g/mol. The van der Waals surface area contributed by atoms with E-state index in [4.69, 9.17) is 5.53 Å². The lowest BCUT2D eigenvalue weighted by molar-refractivity contribution is 0.0959. The van der Waals surface area contributed by atoms with Crippen molar-refractivity contribution < 1.29 is 4.79 Å². The van der Waals surface area contributed by atoms with Gasteiger partial charge in [-0.25, -0.2) is 4.98 Å². The van der Waals surface area contributed by atoms with Crippen molar-refractivity contribution in [2.45, 2.75) is 0 Å². The van der Waals surface area contributed by atoms with Crippen LogP contribution in [0.4, 0.5) is 5.82 Å². The largest absolute Gasteiger partial charge is 0.354 e. The number of H-pyrrole nitrogens is 1. The van der Waals surface area contributed by atoms with Gasteiger partial charge in [-0.15, -0.1) is 0 Å². The van der Waals surface area contributed by atoms with Crippen LogP contribution in [0.1, 0.15) is 10.5 Å². The van der Waals surface area contributed by atoms with E-state index < -0.39 is 5.91 Å². The van der Waals surface area contributed by atoms with E-state index in [0.29, 0.717) is 0 Å². The summed E-state index contributed by atoms with van der Waals surface area (Å²) in [6, 6.07) is 0. The lowest BCUT2D eigenvalue weighted by atomic mass is 10.4. The van der Waals surface area contributed by atoms with Gasteiger partial charge >= 0.3 is 0 Å². The number of amides is 1. The van der Waals surface area contributed by atoms with Gasteiger partial charge in [0.25, 0.3) is 5.91 Å². The fraction of sp³-hybridized carbons (Fsp3) is 0.200. The summed E-state index contributed by atoms with van der Waals surface area (Å²) in [5.74, 6) is -0.268. The molecule has 0 saturated heterocycles. The molecule has 7 heteroatoms. The number of carbonyl (C=O) groups excluding carboxylic acids is 1. The molecule has 1 heterocycles. The summed E-state index contributed by atoms with van der Waals surface area (Å²) in [4.78, 5) is 19.7. The summed E-state index contributed by atoms with van der Waals surface area (Å²) in [5.41, 5.74) is 8.19. The molecule has 0 saturated carbocycles. The molecule has 2 N–H and O–H groups in total. The molecule has 0 unspecified atom stereocenters. The molecule has 1 aromatic rings. The second-order valence-corrected chi connectivity index (χ2v) is 1.87. The van der Waals surface area contributed by atoms with Crippen LogP contribution in [0.3, 0.4) is 0 Å². The maximum absolute atomic E-state index is 11.0. The van der Waals surface area contributed by atoms with E-state index in [-0.39, 0.29) is 11.5 Å². The molecule has 0 aliphatic rings. The van der Waals surface area contributed by atoms with Crippen molar-refractivity contribution in [2.24, 2.45) is 5.11 Å². The predicted octanol–water partition coefficient (Wildman–Crippen LogP) is 0.711. The molecular formula is C5H6N6O. The van der Waals surface area contributed by atoms with Gasteiger partial charge in [-0.2, -0.15) is 0 Å². The maximum atomic E-state index is 11.0. The molecule has 0 bridgehead atoms. The monoisotopic (exact) mass is 166 g/mol. The van der Waals surface area contributed by atoms with Crippen molar-refractivity contribution in [3.63, 3.8) is 0 Å². The Morgan fingerprint density at radius 2 is 2.67 bits per heavy atom. The van der Waals surface area contributed by atoms with E-state index >= 15 is 0 Å². The molecule has 12 heavy (non-hydrogen) atoms. The first-order valence-electron chi connectivity index (χ1n) is 3.10. The molecule has 0 radical (unpaired) electrons. The molecule has 0 atom stereocenters. The molecule has 62 valence electrons. The van der Waals surface area contributed by atoms with Crippen LogP contribution in [0.15, 0.2) is 11.4 Å². The first kappa shape index (κ1) is 8.09. The van der Waals surface area contributed by atoms with Crippen LogP contribution in [-0.4, -0.2) is 22.9 Å². The van der Waals surface area contributed by atoms with E-state index in [1.54, 1.807) is 0 Å². The van der Waals surface area contributed by atoms with Crippen molar-refractivity contribution in [1.29, 1.82) is 0 Å². The second-order valence-electron chi connectivity index (χ2n) is 1.87. The Kier molecular flexibility index (Phi) is 2.29. The zero-order valence-corrected chi connectivity index (χ0v) is 6.27. The molecule has 0 aromatic carbocycles. The standard InChI is InChI=1S/C5H6N6O/c1-7-5(12)3-4(10-11-6)9-2-8-3/h2H,1H3,(H,7,12)(H,8,9). The van der Waals surface area contributed by atoms with Gasteiger partial charge < -0.3 is 10.3 Å². The molecule has 1 rings (SSSR count). The lowest BCUT2D eigenvalue weighted by Gasteiger charge is -1.93. The highest BCUT2D eigenvalue weighted by atomic mass is 16.1. The van der Waals surface area contributed by atoms with Gasteiger partial charge in [0.1, 0.15) is 5.82 Å². The molecule has 7 nitrogen and oxygen atoms in total. The molecule has 1 amide bonds. The Morgan fingerprint density at radius 3 is 3.25 bits per heavy atom. The number of aromatic amines is 1. The van der Waals surface area contributed by atoms with Gasteiger partial charge in [-0.3, -0.25) is 4.79 Å². The van der Waals surface area contributed by atoms with Crippen LogP contribution in [0, 0.1) is 0 Å². The first-order valence-corrected chi connectivity index (χ1v) is 3.10. The Bertz CT molecular complexity index is 335. The van der Waals surface area contributed by atoms with Gasteiger partial charge in [0.15, 0.2) is 5.69 Å². The second kappa shape index (κ2) is 3.40. The molecule has 0 aliphatic carbocycles. The van der Waals surface area contributed by atoms with E-state index in [1.807, 2.05) is 0 Å². The zero-order chi connectivity index (χ0) is 8.97. The highest BCUT2D eigenvalue weighted by Crippen LogP contribution is 2.12. The van der Waals surface area contributed by atoms with E-state index in [0.717, 1.165) is 0 Å². The van der Waals surface area contributed by atoms with Crippen LogP contribution in [0.25, 0.3) is 10.4 Å². The van der Waals surface area contributed by atoms with E-state index in [9.17, 15) is 4.79 Å². The molecular weight excluding hydrogens is 160 g/mol. The number of hydrogen-bond acceptors (Lipinski definition) is 3. The fourth-order valence-electron chi connectivity index (χ4n) is 0.693. The Morgan fingerprint density at radius 1 is 1.92 bits per heavy atom. The number of carbonyl (C=O) groups is 1. The topological polar surface area (TPSA) is 107 Å². The number of imidazole rings is 1. The Balaban J connectivity index is 3.06. The minimum Gasteiger partial charge on any atom is -0.354 e. The predicted molar refractivity (Wildman–Crippen MR) is 40.8 cm³/mol. The minimum absolute atomic E-state index is 0.0929. The normalized spacial score (nSPS) is 8.75. The molecule has 0 fully saturated rings. The zero-order valence-electron chi connectivity index (χ0n) is 6.27. The summed E-state index contributed by atoms with van der Waals surface area (Å²) in [5, 5.41) is 5.60. The van der Waals surface area contributed by atoms with Gasteiger partial charge in [0, 0.05) is 12.0 Å². The van der Waals surface area contributed by atoms with Crippen LogP contribution in [-0.2, 0) is 0 Å². The third-order valence-electron chi connectivity index (χ3n) is 1.21. The van der Waals surface area contributed by atoms with Crippen LogP contribution < -0.4 is 5.32 Å². The van der Waals surface area contributed by atoms with Gasteiger partial charge in [-0.05, 0) is 10.6 Å². The summed E-state index contributed by atoms with van der Waals surface area (Å²) in [7, 11) is 1.47. The van der Waals surface area contributed by atoms with Crippen molar-refractivity contribution in [3.05, 3.63) is 22.5 Å². The number of rotatable bonds is 2. The minimum atomic E-state index is -0.390. The summed E-state index contributed by atoms with van der Waals surface area (Å²) < 4.78 is 0.